The first-order chi connectivity index (χ1) is 3.89. The van der Waals surface area contributed by atoms with Gasteiger partial charge in [0.05, 0.1) is 6.61 Å². The molecule has 1 fully saturated rings. The summed E-state index contributed by atoms with van der Waals surface area (Å²) in [6, 6.07) is 0. The molecule has 2 nitrogen and oxygen atoms in total. The minimum atomic E-state index is -0.0255. The maximum absolute atomic E-state index is 10.5. The molecule has 0 atom stereocenters. The first kappa shape index (κ1) is 9.07. The molecule has 1 radical (unpaired) electrons. The molecule has 0 N–H and O–H groups in total. The van der Waals surface area contributed by atoms with Crippen molar-refractivity contribution in [2.45, 2.75) is 25.7 Å². The van der Waals surface area contributed by atoms with Crippen LogP contribution in [0.25, 0.3) is 0 Å². The third-order valence-electron chi connectivity index (χ3n) is 1.29. The van der Waals surface area contributed by atoms with Crippen molar-refractivity contribution in [1.82, 2.24) is 0 Å². The normalized spacial score (nSPS) is 19.3. The molecule has 0 amide bonds. The number of ether oxygens (including phenoxy) is 1. The van der Waals surface area contributed by atoms with E-state index in [1.165, 1.54) is 0 Å². The molecule has 1 aliphatic heterocycles. The minimum absolute atomic E-state index is 0. The van der Waals surface area contributed by atoms with Crippen LogP contribution in [-0.4, -0.2) is 31.4 Å². The van der Waals surface area contributed by atoms with Crippen LogP contribution in [0.1, 0.15) is 25.7 Å². The van der Waals surface area contributed by atoms with E-state index in [0.717, 1.165) is 19.3 Å². The van der Waals surface area contributed by atoms with E-state index in [1.807, 2.05) is 0 Å². The molecule has 0 saturated carbocycles. The Morgan fingerprint density at radius 2 is 2.00 bits per heavy atom. The van der Waals surface area contributed by atoms with Crippen LogP contribution >= 0.6 is 0 Å². The van der Waals surface area contributed by atoms with Crippen molar-refractivity contribution in [3.8, 4) is 0 Å². The summed E-state index contributed by atoms with van der Waals surface area (Å²) in [7, 11) is 0. The monoisotopic (exact) mass is 121 g/mol. The Bertz CT molecular complexity index is 83.1. The molecular formula is C6H10LiO2. The van der Waals surface area contributed by atoms with Gasteiger partial charge in [-0.1, -0.05) is 0 Å². The van der Waals surface area contributed by atoms with Gasteiger partial charge in [-0.05, 0) is 19.3 Å². The van der Waals surface area contributed by atoms with E-state index in [0.29, 0.717) is 13.0 Å². The maximum Gasteiger partial charge on any atom is 0.305 e. The second-order valence-corrected chi connectivity index (χ2v) is 2.03. The average Bonchev–Trinajstić information content (AvgIpc) is 1.94. The third kappa shape index (κ3) is 3.61. The molecule has 0 spiro atoms. The third-order valence-corrected chi connectivity index (χ3v) is 1.29. The van der Waals surface area contributed by atoms with E-state index >= 15 is 0 Å². The molecule has 0 aromatic heterocycles. The minimum Gasteiger partial charge on any atom is -0.466 e. The Labute approximate surface area is 67.1 Å². The van der Waals surface area contributed by atoms with Crippen LogP contribution in [0.4, 0.5) is 0 Å². The fourth-order valence-electron chi connectivity index (χ4n) is 0.806. The summed E-state index contributed by atoms with van der Waals surface area (Å²) in [5.74, 6) is -0.0255. The van der Waals surface area contributed by atoms with Gasteiger partial charge in [0.25, 0.3) is 0 Å². The number of carbonyl (C=O) groups is 1. The standard InChI is InChI=1S/C6H10O2.Li/c7-6-4-2-1-3-5-8-6;/h1-5H2;. The summed E-state index contributed by atoms with van der Waals surface area (Å²) in [4.78, 5) is 10.5. The topological polar surface area (TPSA) is 26.3 Å². The van der Waals surface area contributed by atoms with Gasteiger partial charge >= 0.3 is 5.97 Å². The Hall–Kier alpha value is 0.0674. The predicted octanol–water partition coefficient (Wildman–Crippen LogP) is 0.723. The molecule has 0 aliphatic carbocycles. The van der Waals surface area contributed by atoms with Crippen molar-refractivity contribution in [2.24, 2.45) is 0 Å². The van der Waals surface area contributed by atoms with Gasteiger partial charge in [-0.2, -0.15) is 0 Å². The first-order valence-electron chi connectivity index (χ1n) is 3.05. The number of esters is 1. The van der Waals surface area contributed by atoms with Gasteiger partial charge in [0, 0.05) is 25.3 Å². The van der Waals surface area contributed by atoms with Gasteiger partial charge in [0.15, 0.2) is 0 Å². The van der Waals surface area contributed by atoms with E-state index < -0.39 is 0 Å². The molecule has 1 rings (SSSR count). The van der Waals surface area contributed by atoms with Crippen LogP contribution in [0, 0.1) is 0 Å². The second kappa shape index (κ2) is 4.90. The quantitative estimate of drug-likeness (QED) is 0.348. The molecule has 9 heavy (non-hydrogen) atoms. The zero-order valence-electron chi connectivity index (χ0n) is 5.85. The van der Waals surface area contributed by atoms with Crippen molar-refractivity contribution < 1.29 is 9.53 Å². The van der Waals surface area contributed by atoms with Crippen LogP contribution in [0.15, 0.2) is 0 Å². The summed E-state index contributed by atoms with van der Waals surface area (Å²) < 4.78 is 4.76. The van der Waals surface area contributed by atoms with Crippen molar-refractivity contribution >= 4 is 24.8 Å². The van der Waals surface area contributed by atoms with Crippen LogP contribution < -0.4 is 0 Å². The van der Waals surface area contributed by atoms with Crippen LogP contribution in [0.5, 0.6) is 0 Å². The number of carbonyl (C=O) groups excluding carboxylic acids is 1. The van der Waals surface area contributed by atoms with Gasteiger partial charge in [0.2, 0.25) is 0 Å². The summed E-state index contributed by atoms with van der Waals surface area (Å²) >= 11 is 0. The molecule has 3 heteroatoms. The number of cyclic esters (lactones) is 1. The van der Waals surface area contributed by atoms with Gasteiger partial charge in [-0.3, -0.25) is 4.79 Å². The van der Waals surface area contributed by atoms with Gasteiger partial charge in [-0.15, -0.1) is 0 Å². The Morgan fingerprint density at radius 3 is 2.78 bits per heavy atom. The molecule has 47 valence electrons. The van der Waals surface area contributed by atoms with E-state index in [-0.39, 0.29) is 24.8 Å². The first-order valence-corrected chi connectivity index (χ1v) is 3.05. The summed E-state index contributed by atoms with van der Waals surface area (Å²) in [5.41, 5.74) is 0. The average molecular weight is 121 g/mol. The van der Waals surface area contributed by atoms with Crippen molar-refractivity contribution in [3.05, 3.63) is 0 Å². The Morgan fingerprint density at radius 1 is 1.22 bits per heavy atom. The van der Waals surface area contributed by atoms with Gasteiger partial charge < -0.3 is 4.74 Å². The Balaban J connectivity index is 0.000000640. The maximum atomic E-state index is 10.5. The van der Waals surface area contributed by atoms with E-state index in [2.05, 4.69) is 0 Å². The Kier molecular flexibility index (Phi) is 4.94. The van der Waals surface area contributed by atoms with Crippen LogP contribution in [0.3, 0.4) is 0 Å². The van der Waals surface area contributed by atoms with Crippen molar-refractivity contribution in [3.63, 3.8) is 0 Å². The van der Waals surface area contributed by atoms with E-state index in [9.17, 15) is 4.79 Å². The molecule has 1 aliphatic rings. The number of rotatable bonds is 0. The van der Waals surface area contributed by atoms with E-state index in [1.54, 1.807) is 0 Å². The molecule has 0 unspecified atom stereocenters. The molecule has 1 saturated heterocycles. The van der Waals surface area contributed by atoms with Crippen molar-refractivity contribution in [2.75, 3.05) is 6.61 Å². The zero-order chi connectivity index (χ0) is 5.82. The molecular weight excluding hydrogens is 111 g/mol. The second-order valence-electron chi connectivity index (χ2n) is 2.03. The summed E-state index contributed by atoms with van der Waals surface area (Å²) in [6.07, 6.45) is 3.83. The van der Waals surface area contributed by atoms with Gasteiger partial charge in [0.1, 0.15) is 0 Å². The van der Waals surface area contributed by atoms with E-state index in [4.69, 9.17) is 4.74 Å². The summed E-state index contributed by atoms with van der Waals surface area (Å²) in [6.45, 7) is 0.638. The molecule has 0 bridgehead atoms. The fraction of sp³-hybridized carbons (Fsp3) is 0.833. The van der Waals surface area contributed by atoms with Crippen LogP contribution in [-0.2, 0) is 9.53 Å². The van der Waals surface area contributed by atoms with Gasteiger partial charge in [-0.25, -0.2) is 0 Å². The predicted molar refractivity (Wildman–Crippen MR) is 35.2 cm³/mol. The molecule has 0 aromatic rings. The SMILES string of the molecule is O=C1CCCCCO1.[Li]. The summed E-state index contributed by atoms with van der Waals surface area (Å²) in [5, 5.41) is 0. The largest absolute Gasteiger partial charge is 0.466 e. The molecule has 1 heterocycles. The number of hydrogen-bond donors (Lipinski definition) is 0. The molecule has 0 aromatic carbocycles. The van der Waals surface area contributed by atoms with Crippen molar-refractivity contribution in [1.29, 1.82) is 0 Å². The zero-order valence-corrected chi connectivity index (χ0v) is 5.85. The number of hydrogen-bond acceptors (Lipinski definition) is 2. The smallest absolute Gasteiger partial charge is 0.305 e. The van der Waals surface area contributed by atoms with Crippen LogP contribution in [0.2, 0.25) is 0 Å². The fourth-order valence-corrected chi connectivity index (χ4v) is 0.806.